The first-order chi connectivity index (χ1) is 6.79. The van der Waals surface area contributed by atoms with E-state index in [2.05, 4.69) is 11.2 Å². The number of hydrogen-bond acceptors (Lipinski definition) is 2. The molecule has 1 amide bonds. The maximum atomic E-state index is 11.5. The second-order valence-electron chi connectivity index (χ2n) is 2.59. The predicted octanol–water partition coefficient (Wildman–Crippen LogP) is 1.06. The molecular weight excluding hydrogens is 178 g/mol. The van der Waals surface area contributed by atoms with Crippen molar-refractivity contribution >= 4 is 5.91 Å². The van der Waals surface area contributed by atoms with Crippen molar-refractivity contribution in [1.29, 1.82) is 0 Å². The van der Waals surface area contributed by atoms with E-state index in [0.717, 1.165) is 0 Å². The molecule has 0 unspecified atom stereocenters. The summed E-state index contributed by atoms with van der Waals surface area (Å²) in [7, 11) is 1.52. The van der Waals surface area contributed by atoms with E-state index >= 15 is 0 Å². The molecule has 0 aliphatic rings. The molecule has 72 valence electrons. The van der Waals surface area contributed by atoms with E-state index < -0.39 is 0 Å². The normalized spacial score (nSPS) is 8.86. The van der Waals surface area contributed by atoms with Gasteiger partial charge in [-0.05, 0) is 12.1 Å². The first kappa shape index (κ1) is 10.1. The molecule has 0 saturated heterocycles. The Morgan fingerprint density at radius 2 is 2.29 bits per heavy atom. The van der Waals surface area contributed by atoms with Crippen LogP contribution in [0.3, 0.4) is 0 Å². The Hall–Kier alpha value is -1.95. The van der Waals surface area contributed by atoms with Crippen molar-refractivity contribution < 1.29 is 9.53 Å². The summed E-state index contributed by atoms with van der Waals surface area (Å²) in [5.41, 5.74) is 0.491. The smallest absolute Gasteiger partial charge is 0.255 e. The van der Waals surface area contributed by atoms with E-state index in [-0.39, 0.29) is 12.5 Å². The molecule has 0 saturated carbocycles. The Bertz CT molecular complexity index is 366. The van der Waals surface area contributed by atoms with Gasteiger partial charge >= 0.3 is 0 Å². The van der Waals surface area contributed by atoms with Gasteiger partial charge in [0.15, 0.2) is 0 Å². The Labute approximate surface area is 83.1 Å². The molecule has 0 bridgehead atoms. The van der Waals surface area contributed by atoms with Crippen LogP contribution in [0.15, 0.2) is 24.3 Å². The molecule has 0 aromatic heterocycles. The number of amides is 1. The van der Waals surface area contributed by atoms with Gasteiger partial charge in [0.2, 0.25) is 0 Å². The van der Waals surface area contributed by atoms with Crippen LogP contribution in [0, 0.1) is 12.3 Å². The zero-order valence-corrected chi connectivity index (χ0v) is 7.91. The third-order valence-corrected chi connectivity index (χ3v) is 1.70. The third-order valence-electron chi connectivity index (χ3n) is 1.70. The Kier molecular flexibility index (Phi) is 3.57. The number of nitrogens with one attached hydrogen (secondary N) is 1. The van der Waals surface area contributed by atoms with Gasteiger partial charge in [-0.1, -0.05) is 18.1 Å². The Morgan fingerprint density at radius 1 is 1.57 bits per heavy atom. The summed E-state index contributed by atoms with van der Waals surface area (Å²) in [6.45, 7) is 0.219. The molecule has 14 heavy (non-hydrogen) atoms. The zero-order valence-electron chi connectivity index (χ0n) is 7.91. The van der Waals surface area contributed by atoms with Crippen LogP contribution in [-0.2, 0) is 0 Å². The molecule has 0 fully saturated rings. The second-order valence-corrected chi connectivity index (χ2v) is 2.59. The van der Waals surface area contributed by atoms with E-state index in [1.165, 1.54) is 7.11 Å². The lowest BCUT2D eigenvalue weighted by Gasteiger charge is -2.06. The minimum atomic E-state index is -0.222. The fourth-order valence-corrected chi connectivity index (χ4v) is 1.06. The number of carbonyl (C=O) groups excluding carboxylic acids is 1. The van der Waals surface area contributed by atoms with Crippen molar-refractivity contribution in [2.45, 2.75) is 0 Å². The lowest BCUT2D eigenvalue weighted by atomic mass is 10.2. The van der Waals surface area contributed by atoms with E-state index in [1.54, 1.807) is 24.3 Å². The average molecular weight is 189 g/mol. The number of rotatable bonds is 3. The van der Waals surface area contributed by atoms with Gasteiger partial charge in [0, 0.05) is 0 Å². The highest BCUT2D eigenvalue weighted by Gasteiger charge is 2.09. The van der Waals surface area contributed by atoms with Gasteiger partial charge in [-0.3, -0.25) is 4.79 Å². The van der Waals surface area contributed by atoms with Gasteiger partial charge < -0.3 is 10.1 Å². The molecule has 1 aromatic rings. The van der Waals surface area contributed by atoms with Gasteiger partial charge in [0.1, 0.15) is 5.75 Å². The zero-order chi connectivity index (χ0) is 10.4. The summed E-state index contributed by atoms with van der Waals surface area (Å²) in [5, 5.41) is 2.57. The molecule has 0 heterocycles. The number of terminal acetylenes is 1. The van der Waals surface area contributed by atoms with Crippen LogP contribution < -0.4 is 10.1 Å². The molecular formula is C11H11NO2. The van der Waals surface area contributed by atoms with Gasteiger partial charge in [-0.15, -0.1) is 6.42 Å². The topological polar surface area (TPSA) is 38.3 Å². The number of methoxy groups -OCH3 is 1. The minimum Gasteiger partial charge on any atom is -0.496 e. The van der Waals surface area contributed by atoms with Gasteiger partial charge in [0.05, 0.1) is 19.2 Å². The predicted molar refractivity (Wildman–Crippen MR) is 54.2 cm³/mol. The van der Waals surface area contributed by atoms with Crippen molar-refractivity contribution in [1.82, 2.24) is 5.32 Å². The number of para-hydroxylation sites is 1. The summed E-state index contributed by atoms with van der Waals surface area (Å²) in [6, 6.07) is 6.99. The largest absolute Gasteiger partial charge is 0.496 e. The van der Waals surface area contributed by atoms with Crippen LogP contribution in [0.5, 0.6) is 5.75 Å². The Balaban J connectivity index is 2.84. The fraction of sp³-hybridized carbons (Fsp3) is 0.182. The highest BCUT2D eigenvalue weighted by molar-refractivity contribution is 5.97. The van der Waals surface area contributed by atoms with E-state index in [1.807, 2.05) is 0 Å². The lowest BCUT2D eigenvalue weighted by Crippen LogP contribution is -2.23. The summed E-state index contributed by atoms with van der Waals surface area (Å²) in [5.74, 6) is 2.65. The fourth-order valence-electron chi connectivity index (χ4n) is 1.06. The monoisotopic (exact) mass is 189 g/mol. The van der Waals surface area contributed by atoms with Gasteiger partial charge in [-0.25, -0.2) is 0 Å². The highest BCUT2D eigenvalue weighted by Crippen LogP contribution is 2.16. The van der Waals surface area contributed by atoms with Crippen molar-refractivity contribution in [3.8, 4) is 18.1 Å². The van der Waals surface area contributed by atoms with Crippen molar-refractivity contribution in [3.63, 3.8) is 0 Å². The van der Waals surface area contributed by atoms with Crippen molar-refractivity contribution in [2.75, 3.05) is 13.7 Å². The lowest BCUT2D eigenvalue weighted by molar-refractivity contribution is 0.0955. The summed E-state index contributed by atoms with van der Waals surface area (Å²) in [4.78, 5) is 11.5. The van der Waals surface area contributed by atoms with E-state index in [9.17, 15) is 4.79 Å². The van der Waals surface area contributed by atoms with Crippen molar-refractivity contribution in [3.05, 3.63) is 29.8 Å². The molecule has 1 N–H and O–H groups in total. The maximum Gasteiger partial charge on any atom is 0.255 e. The number of benzene rings is 1. The minimum absolute atomic E-state index is 0.219. The van der Waals surface area contributed by atoms with E-state index in [0.29, 0.717) is 11.3 Å². The molecule has 0 aliphatic carbocycles. The highest BCUT2D eigenvalue weighted by atomic mass is 16.5. The quantitative estimate of drug-likeness (QED) is 0.722. The standard InChI is InChI=1S/C11H11NO2/c1-3-8-12-11(13)9-6-4-5-7-10(9)14-2/h1,4-7H,8H2,2H3,(H,12,13). The number of carbonyl (C=O) groups is 1. The molecule has 0 aliphatic heterocycles. The van der Waals surface area contributed by atoms with Crippen LogP contribution in [0.1, 0.15) is 10.4 Å². The number of hydrogen-bond donors (Lipinski definition) is 1. The molecule has 1 rings (SSSR count). The second kappa shape index (κ2) is 4.93. The van der Waals surface area contributed by atoms with E-state index in [4.69, 9.17) is 11.2 Å². The summed E-state index contributed by atoms with van der Waals surface area (Å²) < 4.78 is 5.03. The third kappa shape index (κ3) is 2.27. The van der Waals surface area contributed by atoms with Crippen LogP contribution in [0.25, 0.3) is 0 Å². The molecule has 0 atom stereocenters. The van der Waals surface area contributed by atoms with Crippen LogP contribution in [0.2, 0.25) is 0 Å². The molecule has 0 radical (unpaired) electrons. The first-order valence-corrected chi connectivity index (χ1v) is 4.14. The van der Waals surface area contributed by atoms with Crippen LogP contribution >= 0.6 is 0 Å². The first-order valence-electron chi connectivity index (χ1n) is 4.14. The van der Waals surface area contributed by atoms with Gasteiger partial charge in [-0.2, -0.15) is 0 Å². The number of ether oxygens (including phenoxy) is 1. The Morgan fingerprint density at radius 3 is 2.93 bits per heavy atom. The van der Waals surface area contributed by atoms with Gasteiger partial charge in [0.25, 0.3) is 5.91 Å². The SMILES string of the molecule is C#CCNC(=O)c1ccccc1OC. The van der Waals surface area contributed by atoms with Crippen LogP contribution in [-0.4, -0.2) is 19.6 Å². The maximum absolute atomic E-state index is 11.5. The molecule has 0 spiro atoms. The summed E-state index contributed by atoms with van der Waals surface area (Å²) >= 11 is 0. The summed E-state index contributed by atoms with van der Waals surface area (Å²) in [6.07, 6.45) is 5.03. The van der Waals surface area contributed by atoms with Crippen LogP contribution in [0.4, 0.5) is 0 Å². The molecule has 3 heteroatoms. The molecule has 3 nitrogen and oxygen atoms in total. The average Bonchev–Trinajstić information content (AvgIpc) is 2.25. The van der Waals surface area contributed by atoms with Crippen molar-refractivity contribution in [2.24, 2.45) is 0 Å². The molecule has 1 aromatic carbocycles.